The molecule has 0 unspecified atom stereocenters. The van der Waals surface area contributed by atoms with E-state index in [0.29, 0.717) is 6.42 Å². The summed E-state index contributed by atoms with van der Waals surface area (Å²) in [7, 11) is 2.54. The van der Waals surface area contributed by atoms with Gasteiger partial charge in [0.05, 0.1) is 20.8 Å². The standard InChI is InChI=1S/C20H22O7/c1-24-17(21)10-6-9-15-16(11-12-18(22)25-2)27-20(23)19(15)26-13-14-7-4-3-5-8-14/h3-8,10-12,15-16,19H,9,13H2,1-2H3/b10-6+,12-11+/t15-,16-,19+/m0/s1. The molecule has 1 aromatic rings. The summed E-state index contributed by atoms with van der Waals surface area (Å²) in [6, 6.07) is 9.43. The van der Waals surface area contributed by atoms with E-state index in [1.807, 2.05) is 30.3 Å². The molecule has 7 nitrogen and oxygen atoms in total. The fourth-order valence-corrected chi connectivity index (χ4v) is 2.66. The number of allylic oxidation sites excluding steroid dienone is 1. The number of esters is 3. The lowest BCUT2D eigenvalue weighted by atomic mass is 9.94. The topological polar surface area (TPSA) is 88.1 Å². The highest BCUT2D eigenvalue weighted by Crippen LogP contribution is 2.30. The molecule has 1 saturated heterocycles. The fourth-order valence-electron chi connectivity index (χ4n) is 2.66. The van der Waals surface area contributed by atoms with Crippen molar-refractivity contribution in [1.82, 2.24) is 0 Å². The summed E-state index contributed by atoms with van der Waals surface area (Å²) in [6.07, 6.45) is 4.38. The number of ether oxygens (including phenoxy) is 4. The second-order valence-corrected chi connectivity index (χ2v) is 5.83. The van der Waals surface area contributed by atoms with Crippen molar-refractivity contribution in [2.75, 3.05) is 14.2 Å². The van der Waals surface area contributed by atoms with Crippen LogP contribution in [0.3, 0.4) is 0 Å². The Morgan fingerprint density at radius 3 is 2.41 bits per heavy atom. The number of cyclic esters (lactones) is 1. The lowest BCUT2D eigenvalue weighted by Gasteiger charge is -2.17. The molecule has 0 radical (unpaired) electrons. The maximum absolute atomic E-state index is 12.3. The predicted molar refractivity (Wildman–Crippen MR) is 95.3 cm³/mol. The molecule has 0 bridgehead atoms. The number of methoxy groups -OCH3 is 2. The van der Waals surface area contributed by atoms with Crippen LogP contribution in [0, 0.1) is 5.92 Å². The van der Waals surface area contributed by atoms with Gasteiger partial charge in [-0.1, -0.05) is 36.4 Å². The van der Waals surface area contributed by atoms with Gasteiger partial charge >= 0.3 is 17.9 Å². The summed E-state index contributed by atoms with van der Waals surface area (Å²) >= 11 is 0. The summed E-state index contributed by atoms with van der Waals surface area (Å²) in [4.78, 5) is 34.9. The number of carbonyl (C=O) groups excluding carboxylic acids is 3. The van der Waals surface area contributed by atoms with E-state index >= 15 is 0 Å². The van der Waals surface area contributed by atoms with Crippen LogP contribution >= 0.6 is 0 Å². The first-order chi connectivity index (χ1) is 13.0. The SMILES string of the molecule is COC(=O)/C=C/C[C@H]1[C@H](/C=C/C(=O)OC)OC(=O)[C@@H]1OCc1ccccc1. The van der Waals surface area contributed by atoms with Crippen molar-refractivity contribution in [2.45, 2.75) is 25.2 Å². The maximum atomic E-state index is 12.3. The molecule has 1 heterocycles. The minimum Gasteiger partial charge on any atom is -0.466 e. The predicted octanol–water partition coefficient (Wildman–Crippen LogP) is 1.96. The fraction of sp³-hybridized carbons (Fsp3) is 0.350. The quantitative estimate of drug-likeness (QED) is 0.390. The molecule has 0 aromatic heterocycles. The van der Waals surface area contributed by atoms with Crippen LogP contribution in [0.1, 0.15) is 12.0 Å². The summed E-state index contributed by atoms with van der Waals surface area (Å²) in [6.45, 7) is 0.241. The average molecular weight is 374 g/mol. The molecule has 0 spiro atoms. The molecule has 1 fully saturated rings. The minimum atomic E-state index is -0.820. The average Bonchev–Trinajstić information content (AvgIpc) is 2.99. The van der Waals surface area contributed by atoms with E-state index in [1.165, 1.54) is 32.4 Å². The first-order valence-corrected chi connectivity index (χ1v) is 8.41. The van der Waals surface area contributed by atoms with Crippen LogP contribution in [-0.2, 0) is 39.9 Å². The van der Waals surface area contributed by atoms with E-state index in [1.54, 1.807) is 6.08 Å². The van der Waals surface area contributed by atoms with Crippen molar-refractivity contribution in [3.05, 3.63) is 60.2 Å². The Morgan fingerprint density at radius 1 is 1.07 bits per heavy atom. The molecule has 144 valence electrons. The van der Waals surface area contributed by atoms with Crippen molar-refractivity contribution in [1.29, 1.82) is 0 Å². The van der Waals surface area contributed by atoms with Gasteiger partial charge < -0.3 is 18.9 Å². The zero-order valence-corrected chi connectivity index (χ0v) is 15.2. The van der Waals surface area contributed by atoms with Crippen LogP contribution in [0.4, 0.5) is 0 Å². The van der Waals surface area contributed by atoms with Crippen molar-refractivity contribution in [3.8, 4) is 0 Å². The van der Waals surface area contributed by atoms with Gasteiger partial charge in [0, 0.05) is 18.1 Å². The van der Waals surface area contributed by atoms with E-state index in [-0.39, 0.29) is 6.61 Å². The zero-order chi connectivity index (χ0) is 19.6. The van der Waals surface area contributed by atoms with Gasteiger partial charge in [-0.3, -0.25) is 0 Å². The largest absolute Gasteiger partial charge is 0.466 e. The van der Waals surface area contributed by atoms with E-state index in [2.05, 4.69) is 9.47 Å². The highest BCUT2D eigenvalue weighted by Gasteiger charge is 2.43. The first kappa shape index (κ1) is 20.4. The summed E-state index contributed by atoms with van der Waals surface area (Å²) in [5, 5.41) is 0. The summed E-state index contributed by atoms with van der Waals surface area (Å²) in [5.74, 6) is -1.96. The van der Waals surface area contributed by atoms with Crippen molar-refractivity contribution in [2.24, 2.45) is 5.92 Å². The smallest absolute Gasteiger partial charge is 0.336 e. The Kier molecular flexibility index (Phi) is 7.76. The van der Waals surface area contributed by atoms with Gasteiger partial charge in [0.25, 0.3) is 0 Å². The molecular formula is C20H22O7. The third-order valence-electron chi connectivity index (χ3n) is 4.05. The number of rotatable bonds is 8. The molecule has 1 aromatic carbocycles. The highest BCUT2D eigenvalue weighted by atomic mass is 16.6. The molecule has 0 amide bonds. The second-order valence-electron chi connectivity index (χ2n) is 5.83. The number of benzene rings is 1. The molecule has 0 aliphatic carbocycles. The van der Waals surface area contributed by atoms with Gasteiger partial charge in [-0.05, 0) is 18.1 Å². The molecule has 2 rings (SSSR count). The number of hydrogen-bond donors (Lipinski definition) is 0. The van der Waals surface area contributed by atoms with Crippen LogP contribution in [0.5, 0.6) is 0 Å². The number of hydrogen-bond acceptors (Lipinski definition) is 7. The normalized spacial score (nSPS) is 22.1. The van der Waals surface area contributed by atoms with Gasteiger partial charge in [-0.2, -0.15) is 0 Å². The van der Waals surface area contributed by atoms with Gasteiger partial charge in [-0.25, -0.2) is 14.4 Å². The molecule has 3 atom stereocenters. The third kappa shape index (κ3) is 6.07. The van der Waals surface area contributed by atoms with Crippen molar-refractivity contribution < 1.29 is 33.3 Å². The van der Waals surface area contributed by atoms with E-state index in [9.17, 15) is 14.4 Å². The van der Waals surface area contributed by atoms with Crippen molar-refractivity contribution >= 4 is 17.9 Å². The number of carbonyl (C=O) groups is 3. The summed E-state index contributed by atoms with van der Waals surface area (Å²) in [5.41, 5.74) is 0.919. The lowest BCUT2D eigenvalue weighted by molar-refractivity contribution is -0.149. The van der Waals surface area contributed by atoms with Gasteiger partial charge in [0.15, 0.2) is 6.10 Å². The van der Waals surface area contributed by atoms with Crippen LogP contribution in [0.2, 0.25) is 0 Å². The molecule has 7 heteroatoms. The zero-order valence-electron chi connectivity index (χ0n) is 15.2. The Bertz CT molecular complexity index is 708. The molecule has 27 heavy (non-hydrogen) atoms. The molecule has 0 N–H and O–H groups in total. The van der Waals surface area contributed by atoms with Crippen LogP contribution in [0.25, 0.3) is 0 Å². The van der Waals surface area contributed by atoms with Crippen molar-refractivity contribution in [3.63, 3.8) is 0 Å². The lowest BCUT2D eigenvalue weighted by Crippen LogP contribution is -2.27. The van der Waals surface area contributed by atoms with Crippen LogP contribution < -0.4 is 0 Å². The van der Waals surface area contributed by atoms with E-state index < -0.39 is 36.0 Å². The Hall–Kier alpha value is -2.93. The van der Waals surface area contributed by atoms with Crippen LogP contribution in [-0.4, -0.2) is 44.3 Å². The minimum absolute atomic E-state index is 0.241. The molecule has 0 saturated carbocycles. The van der Waals surface area contributed by atoms with E-state index in [4.69, 9.17) is 9.47 Å². The van der Waals surface area contributed by atoms with Gasteiger partial charge in [0.2, 0.25) is 0 Å². The monoisotopic (exact) mass is 374 g/mol. The molecule has 1 aliphatic rings. The Balaban J connectivity index is 2.11. The van der Waals surface area contributed by atoms with Gasteiger partial charge in [0.1, 0.15) is 6.10 Å². The third-order valence-corrected chi connectivity index (χ3v) is 4.05. The highest BCUT2D eigenvalue weighted by molar-refractivity contribution is 5.83. The maximum Gasteiger partial charge on any atom is 0.336 e. The van der Waals surface area contributed by atoms with Gasteiger partial charge in [-0.15, -0.1) is 0 Å². The molecule has 1 aliphatic heterocycles. The Morgan fingerprint density at radius 2 is 1.74 bits per heavy atom. The Labute approximate surface area is 157 Å². The van der Waals surface area contributed by atoms with Crippen LogP contribution in [0.15, 0.2) is 54.6 Å². The van der Waals surface area contributed by atoms with E-state index in [0.717, 1.165) is 5.56 Å². The summed E-state index contributed by atoms with van der Waals surface area (Å²) < 4.78 is 20.2. The first-order valence-electron chi connectivity index (χ1n) is 8.41. The molecular weight excluding hydrogens is 352 g/mol. The second kappa shape index (κ2) is 10.3.